The molecule has 0 amide bonds. The molecule has 1 rings (SSSR count). The summed E-state index contributed by atoms with van der Waals surface area (Å²) in [5.74, 6) is 0. The Morgan fingerprint density at radius 3 is 2.33 bits per heavy atom. The number of nitrogens with one attached hydrogen (secondary N) is 1. The van der Waals surface area contributed by atoms with Crippen LogP contribution >= 0.6 is 23.2 Å². The Balaban J connectivity index is 2.39. The first-order chi connectivity index (χ1) is 9.97. The Labute approximate surface area is 139 Å². The van der Waals surface area contributed by atoms with E-state index in [4.69, 9.17) is 23.2 Å². The van der Waals surface area contributed by atoms with Gasteiger partial charge in [-0.15, -0.1) is 0 Å². The summed E-state index contributed by atoms with van der Waals surface area (Å²) >= 11 is 12.0. The lowest BCUT2D eigenvalue weighted by Gasteiger charge is -2.23. The maximum atomic E-state index is 6.08. The molecule has 0 saturated heterocycles. The normalized spacial score (nSPS) is 14.4. The number of nitrogens with zero attached hydrogens (tertiary/aromatic N) is 1. The van der Waals surface area contributed by atoms with Crippen LogP contribution in [-0.4, -0.2) is 30.6 Å². The van der Waals surface area contributed by atoms with Gasteiger partial charge in [-0.3, -0.25) is 0 Å². The molecule has 2 unspecified atom stereocenters. The molecule has 1 aromatic carbocycles. The number of benzene rings is 1. The molecule has 0 fully saturated rings. The van der Waals surface area contributed by atoms with Crippen LogP contribution in [0.3, 0.4) is 0 Å². The van der Waals surface area contributed by atoms with E-state index < -0.39 is 0 Å². The average Bonchev–Trinajstić information content (AvgIpc) is 2.46. The van der Waals surface area contributed by atoms with Crippen LogP contribution in [0.5, 0.6) is 0 Å². The molecule has 0 saturated carbocycles. The molecule has 0 spiro atoms. The highest BCUT2D eigenvalue weighted by Crippen LogP contribution is 2.25. The molecular formula is C17H28Cl2N2. The SMILES string of the molecule is CCN(CC)CCCC(C)NC(C)c1ccc(Cl)c(Cl)c1. The summed E-state index contributed by atoms with van der Waals surface area (Å²) in [6.45, 7) is 12.3. The van der Waals surface area contributed by atoms with Crippen molar-refractivity contribution in [3.8, 4) is 0 Å². The molecular weight excluding hydrogens is 303 g/mol. The van der Waals surface area contributed by atoms with Crippen molar-refractivity contribution in [3.05, 3.63) is 33.8 Å². The fourth-order valence-electron chi connectivity index (χ4n) is 2.55. The summed E-state index contributed by atoms with van der Waals surface area (Å²) in [4.78, 5) is 2.47. The topological polar surface area (TPSA) is 15.3 Å². The van der Waals surface area contributed by atoms with Crippen molar-refractivity contribution < 1.29 is 0 Å². The van der Waals surface area contributed by atoms with Crippen LogP contribution < -0.4 is 5.32 Å². The third kappa shape index (κ3) is 6.56. The van der Waals surface area contributed by atoms with Crippen LogP contribution in [0.4, 0.5) is 0 Å². The summed E-state index contributed by atoms with van der Waals surface area (Å²) in [6.07, 6.45) is 2.41. The van der Waals surface area contributed by atoms with Crippen molar-refractivity contribution in [1.82, 2.24) is 10.2 Å². The molecule has 2 atom stereocenters. The predicted molar refractivity (Wildman–Crippen MR) is 94.5 cm³/mol. The lowest BCUT2D eigenvalue weighted by molar-refractivity contribution is 0.288. The largest absolute Gasteiger partial charge is 0.308 e. The quantitative estimate of drug-likeness (QED) is 0.673. The summed E-state index contributed by atoms with van der Waals surface area (Å²) in [7, 11) is 0. The zero-order valence-corrected chi connectivity index (χ0v) is 15.1. The summed E-state index contributed by atoms with van der Waals surface area (Å²) in [6, 6.07) is 6.62. The van der Waals surface area contributed by atoms with E-state index in [0.29, 0.717) is 16.1 Å². The molecule has 1 N–H and O–H groups in total. The number of hydrogen-bond donors (Lipinski definition) is 1. The van der Waals surface area contributed by atoms with Crippen LogP contribution in [0.15, 0.2) is 18.2 Å². The molecule has 120 valence electrons. The van der Waals surface area contributed by atoms with Crippen LogP contribution in [0.25, 0.3) is 0 Å². The maximum Gasteiger partial charge on any atom is 0.0595 e. The third-order valence-corrected chi connectivity index (χ3v) is 4.72. The number of hydrogen-bond acceptors (Lipinski definition) is 2. The smallest absolute Gasteiger partial charge is 0.0595 e. The monoisotopic (exact) mass is 330 g/mol. The van der Waals surface area contributed by atoms with Gasteiger partial charge in [-0.1, -0.05) is 43.1 Å². The molecule has 0 heterocycles. The Bertz CT molecular complexity index is 419. The van der Waals surface area contributed by atoms with E-state index in [1.165, 1.54) is 24.9 Å². The first-order valence-electron chi connectivity index (χ1n) is 7.91. The standard InChI is InChI=1S/C17H28Cl2N2/c1-5-21(6-2)11-7-8-13(3)20-14(4)15-9-10-16(18)17(19)12-15/h9-10,12-14,20H,5-8,11H2,1-4H3. The lowest BCUT2D eigenvalue weighted by Crippen LogP contribution is -2.30. The summed E-state index contributed by atoms with van der Waals surface area (Å²) in [5.41, 5.74) is 1.18. The molecule has 21 heavy (non-hydrogen) atoms. The average molecular weight is 331 g/mol. The molecule has 1 aromatic rings. The van der Waals surface area contributed by atoms with Crippen LogP contribution in [0.1, 0.15) is 52.1 Å². The second kappa shape index (κ2) is 9.68. The number of halogens is 2. The minimum absolute atomic E-state index is 0.281. The first-order valence-corrected chi connectivity index (χ1v) is 8.66. The Morgan fingerprint density at radius 2 is 1.76 bits per heavy atom. The highest BCUT2D eigenvalue weighted by atomic mass is 35.5. The van der Waals surface area contributed by atoms with Crippen LogP contribution in [-0.2, 0) is 0 Å². The second-order valence-corrected chi connectivity index (χ2v) is 6.45. The van der Waals surface area contributed by atoms with Crippen LogP contribution in [0.2, 0.25) is 10.0 Å². The van der Waals surface area contributed by atoms with Gasteiger partial charge in [0.25, 0.3) is 0 Å². The van der Waals surface area contributed by atoms with Gasteiger partial charge in [0.05, 0.1) is 10.0 Å². The van der Waals surface area contributed by atoms with Gasteiger partial charge in [-0.05, 0) is 64.0 Å². The Morgan fingerprint density at radius 1 is 1.10 bits per heavy atom. The lowest BCUT2D eigenvalue weighted by atomic mass is 10.1. The summed E-state index contributed by atoms with van der Waals surface area (Å²) in [5, 5.41) is 4.87. The molecule has 4 heteroatoms. The number of rotatable bonds is 9. The fourth-order valence-corrected chi connectivity index (χ4v) is 2.86. The van der Waals surface area contributed by atoms with E-state index >= 15 is 0 Å². The van der Waals surface area contributed by atoms with E-state index in [1.54, 1.807) is 0 Å². The van der Waals surface area contributed by atoms with Gasteiger partial charge in [0, 0.05) is 12.1 Å². The van der Waals surface area contributed by atoms with Gasteiger partial charge in [-0.25, -0.2) is 0 Å². The van der Waals surface area contributed by atoms with Crippen molar-refractivity contribution in [3.63, 3.8) is 0 Å². The van der Waals surface area contributed by atoms with Crippen molar-refractivity contribution in [2.75, 3.05) is 19.6 Å². The van der Waals surface area contributed by atoms with E-state index in [9.17, 15) is 0 Å². The fraction of sp³-hybridized carbons (Fsp3) is 0.647. The molecule has 0 aliphatic heterocycles. The van der Waals surface area contributed by atoms with Gasteiger partial charge in [0.2, 0.25) is 0 Å². The minimum atomic E-state index is 0.281. The predicted octanol–water partition coefficient (Wildman–Crippen LogP) is 5.15. The Kier molecular flexibility index (Phi) is 8.65. The van der Waals surface area contributed by atoms with Crippen molar-refractivity contribution in [2.24, 2.45) is 0 Å². The van der Waals surface area contributed by atoms with Gasteiger partial charge < -0.3 is 10.2 Å². The van der Waals surface area contributed by atoms with E-state index in [2.05, 4.69) is 37.9 Å². The van der Waals surface area contributed by atoms with E-state index in [0.717, 1.165) is 13.1 Å². The van der Waals surface area contributed by atoms with Crippen molar-refractivity contribution in [1.29, 1.82) is 0 Å². The molecule has 0 aromatic heterocycles. The zero-order chi connectivity index (χ0) is 15.8. The van der Waals surface area contributed by atoms with Crippen LogP contribution in [0, 0.1) is 0 Å². The van der Waals surface area contributed by atoms with Gasteiger partial charge >= 0.3 is 0 Å². The second-order valence-electron chi connectivity index (χ2n) is 5.63. The minimum Gasteiger partial charge on any atom is -0.308 e. The Hall–Kier alpha value is -0.280. The highest BCUT2D eigenvalue weighted by molar-refractivity contribution is 6.42. The van der Waals surface area contributed by atoms with E-state index in [-0.39, 0.29) is 6.04 Å². The van der Waals surface area contributed by atoms with Gasteiger partial charge in [0.1, 0.15) is 0 Å². The van der Waals surface area contributed by atoms with Gasteiger partial charge in [0.15, 0.2) is 0 Å². The first kappa shape index (κ1) is 18.8. The molecule has 2 nitrogen and oxygen atoms in total. The molecule has 0 aliphatic carbocycles. The third-order valence-electron chi connectivity index (χ3n) is 3.98. The van der Waals surface area contributed by atoms with Gasteiger partial charge in [-0.2, -0.15) is 0 Å². The zero-order valence-electron chi connectivity index (χ0n) is 13.6. The molecule has 0 radical (unpaired) electrons. The van der Waals surface area contributed by atoms with E-state index in [1.807, 2.05) is 18.2 Å². The summed E-state index contributed by atoms with van der Waals surface area (Å²) < 4.78 is 0. The maximum absolute atomic E-state index is 6.08. The van der Waals surface area contributed by atoms with Crippen molar-refractivity contribution >= 4 is 23.2 Å². The molecule has 0 aliphatic rings. The molecule has 0 bridgehead atoms. The van der Waals surface area contributed by atoms with Crippen molar-refractivity contribution in [2.45, 2.75) is 52.6 Å². The highest BCUT2D eigenvalue weighted by Gasteiger charge is 2.11.